The highest BCUT2D eigenvalue weighted by molar-refractivity contribution is 5.92. The van der Waals surface area contributed by atoms with Crippen LogP contribution in [0.2, 0.25) is 0 Å². The highest BCUT2D eigenvalue weighted by atomic mass is 16.6. The molecule has 0 aliphatic carbocycles. The summed E-state index contributed by atoms with van der Waals surface area (Å²) in [5.74, 6) is 0.110. The summed E-state index contributed by atoms with van der Waals surface area (Å²) >= 11 is 0. The topological polar surface area (TPSA) is 92.1 Å². The van der Waals surface area contributed by atoms with Gasteiger partial charge in [0.05, 0.1) is 6.07 Å². The zero-order chi connectivity index (χ0) is 15.6. The molecule has 1 saturated heterocycles. The van der Waals surface area contributed by atoms with Gasteiger partial charge in [0, 0.05) is 13.1 Å². The molecule has 0 saturated carbocycles. The van der Waals surface area contributed by atoms with Crippen molar-refractivity contribution in [2.45, 2.75) is 40.0 Å². The van der Waals surface area contributed by atoms with Gasteiger partial charge in [0.25, 0.3) is 5.91 Å². The zero-order valence-electron chi connectivity index (χ0n) is 12.8. The van der Waals surface area contributed by atoms with Gasteiger partial charge < -0.3 is 15.0 Å². The number of likely N-dealkylation sites (tertiary alicyclic amines) is 1. The lowest BCUT2D eigenvalue weighted by Crippen LogP contribution is -2.32. The number of carbonyl (C=O) groups excluding carboxylic acids is 1. The third kappa shape index (κ3) is 3.59. The standard InChI is InChI=1S/C14H22N4O3/c1-14(2,3)10-5-4-7-17(8-6-10)13(19)11-9-12(16-15-11)18(20)21/h9-10H,4-8H2,1-3H3,(H,15,16). The van der Waals surface area contributed by atoms with Gasteiger partial charge in [-0.2, -0.15) is 0 Å². The molecule has 1 aliphatic heterocycles. The van der Waals surface area contributed by atoms with Gasteiger partial charge in [-0.15, -0.1) is 5.10 Å². The second-order valence-corrected chi connectivity index (χ2v) is 6.68. The lowest BCUT2D eigenvalue weighted by molar-refractivity contribution is -0.389. The van der Waals surface area contributed by atoms with Gasteiger partial charge in [0.1, 0.15) is 0 Å². The highest BCUT2D eigenvalue weighted by Gasteiger charge is 2.30. The summed E-state index contributed by atoms with van der Waals surface area (Å²) in [6.45, 7) is 8.05. The SMILES string of the molecule is CC(C)(C)C1CCCN(C(=O)c2cc([N+](=O)[O-])[nH]n2)CC1. The fraction of sp³-hybridized carbons (Fsp3) is 0.714. The van der Waals surface area contributed by atoms with Crippen molar-refractivity contribution in [3.63, 3.8) is 0 Å². The molecule has 1 aromatic heterocycles. The summed E-state index contributed by atoms with van der Waals surface area (Å²) < 4.78 is 0. The quantitative estimate of drug-likeness (QED) is 0.670. The van der Waals surface area contributed by atoms with Crippen molar-refractivity contribution in [1.29, 1.82) is 0 Å². The lowest BCUT2D eigenvalue weighted by Gasteiger charge is -2.29. The molecule has 0 radical (unpaired) electrons. The Kier molecular flexibility index (Phi) is 4.29. The van der Waals surface area contributed by atoms with Crippen LogP contribution in [0.25, 0.3) is 0 Å². The number of H-pyrrole nitrogens is 1. The average Bonchev–Trinajstić information content (AvgIpc) is 2.74. The van der Waals surface area contributed by atoms with Crippen molar-refractivity contribution in [1.82, 2.24) is 15.1 Å². The first-order valence-corrected chi connectivity index (χ1v) is 7.28. The van der Waals surface area contributed by atoms with Gasteiger partial charge in [-0.05, 0) is 35.5 Å². The van der Waals surface area contributed by atoms with E-state index in [9.17, 15) is 14.9 Å². The molecule has 7 nitrogen and oxygen atoms in total. The van der Waals surface area contributed by atoms with E-state index in [1.807, 2.05) is 0 Å². The molecule has 2 rings (SSSR count). The molecule has 21 heavy (non-hydrogen) atoms. The number of nitrogens with one attached hydrogen (secondary N) is 1. The maximum Gasteiger partial charge on any atom is 0.343 e. The van der Waals surface area contributed by atoms with Crippen LogP contribution < -0.4 is 0 Å². The van der Waals surface area contributed by atoms with Crippen LogP contribution in [0.4, 0.5) is 5.82 Å². The molecule has 1 N–H and O–H groups in total. The third-order valence-corrected chi connectivity index (χ3v) is 4.22. The fourth-order valence-electron chi connectivity index (χ4n) is 2.84. The third-order valence-electron chi connectivity index (χ3n) is 4.22. The van der Waals surface area contributed by atoms with Gasteiger partial charge in [0.2, 0.25) is 0 Å². The molecule has 0 bridgehead atoms. The molecule has 1 aromatic rings. The van der Waals surface area contributed by atoms with E-state index in [0.717, 1.165) is 19.3 Å². The van der Waals surface area contributed by atoms with Crippen molar-refractivity contribution in [3.8, 4) is 0 Å². The minimum atomic E-state index is -0.582. The second-order valence-electron chi connectivity index (χ2n) is 6.68. The van der Waals surface area contributed by atoms with Crippen LogP contribution in [0, 0.1) is 21.4 Å². The minimum absolute atomic E-state index is 0.121. The van der Waals surface area contributed by atoms with Crippen molar-refractivity contribution in [3.05, 3.63) is 21.9 Å². The highest BCUT2D eigenvalue weighted by Crippen LogP contribution is 2.34. The number of hydrogen-bond donors (Lipinski definition) is 1. The number of aromatic amines is 1. The summed E-state index contributed by atoms with van der Waals surface area (Å²) in [5.41, 5.74) is 0.361. The van der Waals surface area contributed by atoms with Crippen LogP contribution in [-0.2, 0) is 0 Å². The molecular weight excluding hydrogens is 272 g/mol. The van der Waals surface area contributed by atoms with E-state index < -0.39 is 4.92 Å². The Morgan fingerprint density at radius 3 is 2.71 bits per heavy atom. The monoisotopic (exact) mass is 294 g/mol. The minimum Gasteiger partial charge on any atom is -0.358 e. The van der Waals surface area contributed by atoms with Crippen molar-refractivity contribution in [2.75, 3.05) is 13.1 Å². The number of nitro groups is 1. The molecule has 0 aromatic carbocycles. The predicted octanol–water partition coefficient (Wildman–Crippen LogP) is 2.61. The van der Waals surface area contributed by atoms with Gasteiger partial charge in [-0.25, -0.2) is 0 Å². The van der Waals surface area contributed by atoms with Gasteiger partial charge in [-0.1, -0.05) is 25.9 Å². The number of carbonyl (C=O) groups is 1. The van der Waals surface area contributed by atoms with E-state index in [1.165, 1.54) is 6.07 Å². The summed E-state index contributed by atoms with van der Waals surface area (Å²) in [4.78, 5) is 24.2. The number of aromatic nitrogens is 2. The molecule has 1 atom stereocenters. The van der Waals surface area contributed by atoms with E-state index in [-0.39, 0.29) is 22.8 Å². The van der Waals surface area contributed by atoms with Crippen LogP contribution in [0.1, 0.15) is 50.5 Å². The average molecular weight is 294 g/mol. The Balaban J connectivity index is 2.04. The second kappa shape index (κ2) is 5.83. The van der Waals surface area contributed by atoms with Crippen LogP contribution >= 0.6 is 0 Å². The van der Waals surface area contributed by atoms with Gasteiger partial charge in [0.15, 0.2) is 5.69 Å². The molecule has 1 fully saturated rings. The molecule has 1 aliphatic rings. The maximum atomic E-state index is 12.4. The van der Waals surface area contributed by atoms with Crippen LogP contribution in [0.5, 0.6) is 0 Å². The van der Waals surface area contributed by atoms with Crippen LogP contribution in [0.3, 0.4) is 0 Å². The van der Waals surface area contributed by atoms with Crippen LogP contribution in [-0.4, -0.2) is 39.0 Å². The van der Waals surface area contributed by atoms with Crippen molar-refractivity contribution >= 4 is 11.7 Å². The van der Waals surface area contributed by atoms with E-state index >= 15 is 0 Å². The summed E-state index contributed by atoms with van der Waals surface area (Å²) in [5, 5.41) is 16.7. The first kappa shape index (κ1) is 15.5. The zero-order valence-corrected chi connectivity index (χ0v) is 12.8. The smallest absolute Gasteiger partial charge is 0.343 e. The fourth-order valence-corrected chi connectivity index (χ4v) is 2.84. The van der Waals surface area contributed by atoms with Crippen molar-refractivity contribution in [2.24, 2.45) is 11.3 Å². The summed E-state index contributed by atoms with van der Waals surface area (Å²) in [7, 11) is 0. The molecule has 2 heterocycles. The molecule has 116 valence electrons. The Morgan fingerprint density at radius 2 is 2.14 bits per heavy atom. The number of hydrogen-bond acceptors (Lipinski definition) is 4. The maximum absolute atomic E-state index is 12.4. The van der Waals surface area contributed by atoms with Crippen molar-refractivity contribution < 1.29 is 9.72 Å². The Hall–Kier alpha value is -1.92. The normalized spacial score (nSPS) is 20.1. The van der Waals surface area contributed by atoms with E-state index in [2.05, 4.69) is 31.0 Å². The van der Waals surface area contributed by atoms with E-state index in [4.69, 9.17) is 0 Å². The van der Waals surface area contributed by atoms with Crippen LogP contribution in [0.15, 0.2) is 6.07 Å². The van der Waals surface area contributed by atoms with Gasteiger partial charge in [-0.3, -0.25) is 4.79 Å². The Morgan fingerprint density at radius 1 is 1.43 bits per heavy atom. The van der Waals surface area contributed by atoms with E-state index in [1.54, 1.807) is 4.90 Å². The number of nitrogens with zero attached hydrogens (tertiary/aromatic N) is 3. The van der Waals surface area contributed by atoms with Gasteiger partial charge >= 0.3 is 5.82 Å². The largest absolute Gasteiger partial charge is 0.358 e. The number of amides is 1. The molecule has 1 amide bonds. The van der Waals surface area contributed by atoms with E-state index in [0.29, 0.717) is 19.0 Å². The molecule has 1 unspecified atom stereocenters. The summed E-state index contributed by atoms with van der Waals surface area (Å²) in [6.07, 6.45) is 3.02. The molecular formula is C14H22N4O3. The molecule has 0 spiro atoms. The predicted molar refractivity (Wildman–Crippen MR) is 77.9 cm³/mol. The first-order chi connectivity index (χ1) is 9.79. The Bertz CT molecular complexity index is 533. The molecule has 7 heteroatoms. The summed E-state index contributed by atoms with van der Waals surface area (Å²) in [6, 6.07) is 1.20. The first-order valence-electron chi connectivity index (χ1n) is 7.28. The Labute approximate surface area is 123 Å². The number of rotatable bonds is 2. The lowest BCUT2D eigenvalue weighted by atomic mass is 9.77.